The van der Waals surface area contributed by atoms with Crippen LogP contribution in [0.3, 0.4) is 0 Å². The Labute approximate surface area is 149 Å². The first kappa shape index (κ1) is 19.4. The van der Waals surface area contributed by atoms with Crippen LogP contribution in [0.25, 0.3) is 0 Å². The van der Waals surface area contributed by atoms with Gasteiger partial charge in [-0.05, 0) is 48.9 Å². The molecule has 0 unspecified atom stereocenters. The molecule has 0 aliphatic rings. The lowest BCUT2D eigenvalue weighted by molar-refractivity contribution is -0.114. The van der Waals surface area contributed by atoms with E-state index in [-0.39, 0.29) is 17.1 Å². The fourth-order valence-electron chi connectivity index (χ4n) is 2.11. The van der Waals surface area contributed by atoms with Gasteiger partial charge in [0.15, 0.2) is 9.84 Å². The number of rotatable bonds is 6. The maximum absolute atomic E-state index is 12.8. The molecule has 0 aliphatic carbocycles. The van der Waals surface area contributed by atoms with Gasteiger partial charge in [-0.1, -0.05) is 6.07 Å². The highest BCUT2D eigenvalue weighted by molar-refractivity contribution is 7.92. The van der Waals surface area contributed by atoms with Gasteiger partial charge in [-0.15, -0.1) is 0 Å². The number of anilines is 2. The second-order valence-electron chi connectivity index (χ2n) is 5.66. The Balaban J connectivity index is 1.93. The molecule has 0 atom stereocenters. The molecule has 2 aromatic rings. The van der Waals surface area contributed by atoms with Gasteiger partial charge in [0.05, 0.1) is 5.69 Å². The van der Waals surface area contributed by atoms with Crippen molar-refractivity contribution in [1.29, 1.82) is 0 Å². The number of benzene rings is 2. The van der Waals surface area contributed by atoms with Crippen molar-refractivity contribution in [3.8, 4) is 5.75 Å². The third-order valence-electron chi connectivity index (χ3n) is 3.26. The van der Waals surface area contributed by atoms with Crippen LogP contribution in [0.4, 0.5) is 15.8 Å². The maximum atomic E-state index is 12.8. The van der Waals surface area contributed by atoms with Crippen molar-refractivity contribution in [2.45, 2.75) is 6.92 Å². The van der Waals surface area contributed by atoms with Crippen molar-refractivity contribution < 1.29 is 27.5 Å². The molecule has 0 fully saturated rings. The molecule has 2 rings (SSSR count). The summed E-state index contributed by atoms with van der Waals surface area (Å²) in [6.07, 6.45) is 0. The van der Waals surface area contributed by atoms with E-state index in [4.69, 9.17) is 0 Å². The Morgan fingerprint density at radius 3 is 2.15 bits per heavy atom. The second kappa shape index (κ2) is 7.96. The van der Waals surface area contributed by atoms with E-state index in [0.717, 1.165) is 17.7 Å². The van der Waals surface area contributed by atoms with Gasteiger partial charge in [0.25, 0.3) is 0 Å². The highest BCUT2D eigenvalue weighted by Gasteiger charge is 2.21. The number of amides is 2. The van der Waals surface area contributed by atoms with Crippen LogP contribution in [0, 0.1) is 12.7 Å². The van der Waals surface area contributed by atoms with Gasteiger partial charge in [0, 0.05) is 5.69 Å². The van der Waals surface area contributed by atoms with E-state index in [9.17, 15) is 27.5 Å². The minimum Gasteiger partial charge on any atom is -0.506 e. The largest absolute Gasteiger partial charge is 0.506 e. The quantitative estimate of drug-likeness (QED) is 0.662. The number of phenolic OH excluding ortho intramolecular Hbond substituents is 1. The summed E-state index contributed by atoms with van der Waals surface area (Å²) in [5, 5.41) is 14.3. The van der Waals surface area contributed by atoms with Gasteiger partial charge in [0.1, 0.15) is 23.1 Å². The topological polar surface area (TPSA) is 113 Å². The number of hydrogen-bond acceptors (Lipinski definition) is 5. The molecule has 0 spiro atoms. The molecule has 0 heterocycles. The molecule has 2 aromatic carbocycles. The van der Waals surface area contributed by atoms with Crippen LogP contribution >= 0.6 is 0 Å². The summed E-state index contributed by atoms with van der Waals surface area (Å²) < 4.78 is 36.8. The molecule has 138 valence electrons. The lowest BCUT2D eigenvalue weighted by atomic mass is 10.2. The van der Waals surface area contributed by atoms with E-state index in [1.54, 1.807) is 13.0 Å². The van der Waals surface area contributed by atoms with E-state index in [1.165, 1.54) is 24.3 Å². The Morgan fingerprint density at radius 1 is 1.00 bits per heavy atom. The van der Waals surface area contributed by atoms with Crippen LogP contribution in [0.1, 0.15) is 5.56 Å². The minimum absolute atomic E-state index is 0.0755. The SMILES string of the molecule is Cc1ccc(NC(=O)CS(=O)(=O)CC(=O)Nc2ccc(F)cc2)c(O)c1. The van der Waals surface area contributed by atoms with Crippen LogP contribution in [0.15, 0.2) is 42.5 Å². The third kappa shape index (κ3) is 5.85. The minimum atomic E-state index is -4.03. The molecule has 2 amide bonds. The Bertz CT molecular complexity index is 927. The molecule has 9 heteroatoms. The van der Waals surface area contributed by atoms with Crippen molar-refractivity contribution >= 4 is 33.0 Å². The number of aromatic hydroxyl groups is 1. The van der Waals surface area contributed by atoms with Crippen LogP contribution in [0.5, 0.6) is 5.75 Å². The smallest absolute Gasteiger partial charge is 0.239 e. The summed E-state index contributed by atoms with van der Waals surface area (Å²) >= 11 is 0. The van der Waals surface area contributed by atoms with Gasteiger partial charge >= 0.3 is 0 Å². The fraction of sp³-hybridized carbons (Fsp3) is 0.176. The van der Waals surface area contributed by atoms with Gasteiger partial charge in [-0.2, -0.15) is 0 Å². The molecule has 0 saturated heterocycles. The van der Waals surface area contributed by atoms with E-state index in [2.05, 4.69) is 10.6 Å². The molecule has 0 aliphatic heterocycles. The fourth-order valence-corrected chi connectivity index (χ4v) is 3.16. The summed E-state index contributed by atoms with van der Waals surface area (Å²) in [5.41, 5.74) is 1.08. The monoisotopic (exact) mass is 380 g/mol. The molecule has 3 N–H and O–H groups in total. The average molecular weight is 380 g/mol. The Hall–Kier alpha value is -2.94. The number of carbonyl (C=O) groups excluding carboxylic acids is 2. The number of nitrogens with one attached hydrogen (secondary N) is 2. The molecule has 0 radical (unpaired) electrons. The van der Waals surface area contributed by atoms with Gasteiger partial charge in [-0.25, -0.2) is 12.8 Å². The molecular formula is C17H17FN2O5S. The predicted octanol–water partition coefficient (Wildman–Crippen LogP) is 1.83. The van der Waals surface area contributed by atoms with Crippen molar-refractivity contribution in [2.75, 3.05) is 22.1 Å². The first-order chi connectivity index (χ1) is 12.1. The number of carbonyl (C=O) groups is 2. The standard InChI is InChI=1S/C17H17FN2O5S/c1-11-2-7-14(15(21)8-11)20-17(23)10-26(24,25)9-16(22)19-13-5-3-12(18)4-6-13/h2-8,21H,9-10H2,1H3,(H,19,22)(H,20,23). The van der Waals surface area contributed by atoms with Crippen molar-refractivity contribution in [3.05, 3.63) is 53.8 Å². The van der Waals surface area contributed by atoms with Gasteiger partial charge < -0.3 is 15.7 Å². The lowest BCUT2D eigenvalue weighted by Crippen LogP contribution is -2.30. The van der Waals surface area contributed by atoms with Crippen molar-refractivity contribution in [2.24, 2.45) is 0 Å². The highest BCUT2D eigenvalue weighted by atomic mass is 32.2. The number of phenols is 1. The van der Waals surface area contributed by atoms with Crippen molar-refractivity contribution in [3.63, 3.8) is 0 Å². The number of hydrogen-bond donors (Lipinski definition) is 3. The van der Waals surface area contributed by atoms with Crippen LogP contribution in [0.2, 0.25) is 0 Å². The first-order valence-corrected chi connectivity index (χ1v) is 9.32. The number of sulfone groups is 1. The lowest BCUT2D eigenvalue weighted by Gasteiger charge is -2.09. The van der Waals surface area contributed by atoms with E-state index >= 15 is 0 Å². The zero-order valence-electron chi connectivity index (χ0n) is 13.8. The summed E-state index contributed by atoms with van der Waals surface area (Å²) in [5.74, 6) is -4.23. The molecule has 0 bridgehead atoms. The van der Waals surface area contributed by atoms with E-state index in [1.807, 2.05) is 0 Å². The molecule has 7 nitrogen and oxygen atoms in total. The molecular weight excluding hydrogens is 363 g/mol. The molecule has 0 aromatic heterocycles. The van der Waals surface area contributed by atoms with E-state index in [0.29, 0.717) is 0 Å². The van der Waals surface area contributed by atoms with Crippen LogP contribution in [-0.4, -0.2) is 36.8 Å². The van der Waals surface area contributed by atoms with Gasteiger partial charge in [0.2, 0.25) is 11.8 Å². The summed E-state index contributed by atoms with van der Waals surface area (Å²) in [6, 6.07) is 9.30. The summed E-state index contributed by atoms with van der Waals surface area (Å²) in [6.45, 7) is 1.75. The van der Waals surface area contributed by atoms with Crippen molar-refractivity contribution in [1.82, 2.24) is 0 Å². The zero-order valence-corrected chi connectivity index (χ0v) is 14.6. The first-order valence-electron chi connectivity index (χ1n) is 7.50. The molecule has 26 heavy (non-hydrogen) atoms. The average Bonchev–Trinajstić information content (AvgIpc) is 2.51. The number of halogens is 1. The highest BCUT2D eigenvalue weighted by Crippen LogP contribution is 2.23. The maximum Gasteiger partial charge on any atom is 0.239 e. The Kier molecular flexibility index (Phi) is 5.93. The molecule has 0 saturated carbocycles. The zero-order chi connectivity index (χ0) is 19.3. The Morgan fingerprint density at radius 2 is 1.58 bits per heavy atom. The van der Waals surface area contributed by atoms with Crippen LogP contribution in [-0.2, 0) is 19.4 Å². The predicted molar refractivity (Wildman–Crippen MR) is 95.2 cm³/mol. The number of aryl methyl sites for hydroxylation is 1. The van der Waals surface area contributed by atoms with Gasteiger partial charge in [-0.3, -0.25) is 9.59 Å². The second-order valence-corrected chi connectivity index (χ2v) is 7.72. The normalized spacial score (nSPS) is 11.0. The summed E-state index contributed by atoms with van der Waals surface area (Å²) in [7, 11) is -4.03. The van der Waals surface area contributed by atoms with E-state index < -0.39 is 39.0 Å². The third-order valence-corrected chi connectivity index (χ3v) is 4.66. The summed E-state index contributed by atoms with van der Waals surface area (Å²) in [4.78, 5) is 23.7. The van der Waals surface area contributed by atoms with Crippen LogP contribution < -0.4 is 10.6 Å².